The minimum atomic E-state index is -1.61. The Morgan fingerprint density at radius 2 is 2.12 bits per heavy atom. The molecule has 0 heterocycles. The van der Waals surface area contributed by atoms with E-state index in [-0.39, 0.29) is 13.2 Å². The number of hydrogen-bond acceptors (Lipinski definition) is 2. The summed E-state index contributed by atoms with van der Waals surface area (Å²) in [6.07, 6.45) is 0. The number of aliphatic hydroxyl groups is 1. The highest BCUT2D eigenvalue weighted by molar-refractivity contribution is 4.47. The van der Waals surface area contributed by atoms with Gasteiger partial charge in [-0.1, -0.05) is 0 Å². The van der Waals surface area contributed by atoms with Crippen molar-refractivity contribution < 1.29 is 14.2 Å². The van der Waals surface area contributed by atoms with Crippen molar-refractivity contribution >= 4 is 0 Å². The van der Waals surface area contributed by atoms with Gasteiger partial charge < -0.3 is 9.84 Å². The summed E-state index contributed by atoms with van der Waals surface area (Å²) in [4.78, 5) is 0. The number of halogens is 1. The van der Waals surface area contributed by atoms with Gasteiger partial charge in [0.1, 0.15) is 0 Å². The van der Waals surface area contributed by atoms with Crippen LogP contribution in [-0.2, 0) is 4.74 Å². The van der Waals surface area contributed by atoms with E-state index in [0.29, 0.717) is 0 Å². The molecular formula is C5H11FO2. The van der Waals surface area contributed by atoms with Gasteiger partial charge in [0.15, 0.2) is 0 Å². The van der Waals surface area contributed by atoms with Gasteiger partial charge in [-0.25, -0.2) is 4.39 Å². The summed E-state index contributed by atoms with van der Waals surface area (Å²) in [5, 5.41) is 8.14. The van der Waals surface area contributed by atoms with Crippen LogP contribution in [-0.4, -0.2) is 24.2 Å². The van der Waals surface area contributed by atoms with Crippen molar-refractivity contribution in [1.29, 1.82) is 0 Å². The molecule has 0 amide bonds. The molecule has 2 nitrogen and oxygen atoms in total. The Balaban J connectivity index is 3.11. The predicted octanol–water partition coefficient (Wildman–Crippen LogP) is 0.701. The third-order valence-electron chi connectivity index (χ3n) is 0.537. The molecular weight excluding hydrogens is 111 g/mol. The smallest absolute Gasteiger partial charge is 0.203 e. The Morgan fingerprint density at radius 1 is 1.62 bits per heavy atom. The molecule has 0 aromatic heterocycles. The van der Waals surface area contributed by atoms with E-state index in [9.17, 15) is 4.39 Å². The summed E-state index contributed by atoms with van der Waals surface area (Å²) in [6.45, 7) is 2.52. The number of hydrogen-bond donors (Lipinski definition) is 1. The second-order valence-corrected chi connectivity index (χ2v) is 1.94. The highest BCUT2D eigenvalue weighted by Gasteiger charge is 2.13. The second kappa shape index (κ2) is 2.99. The highest BCUT2D eigenvalue weighted by atomic mass is 19.2. The van der Waals surface area contributed by atoms with Gasteiger partial charge in [-0.2, -0.15) is 0 Å². The lowest BCUT2D eigenvalue weighted by atomic mass is 10.4. The first-order valence-electron chi connectivity index (χ1n) is 2.50. The first-order valence-corrected chi connectivity index (χ1v) is 2.50. The first-order chi connectivity index (χ1) is 3.56. The van der Waals surface area contributed by atoms with Crippen molar-refractivity contribution in [2.75, 3.05) is 13.2 Å². The molecule has 0 spiro atoms. The van der Waals surface area contributed by atoms with Gasteiger partial charge in [0.05, 0.1) is 13.2 Å². The summed E-state index contributed by atoms with van der Waals surface area (Å²) >= 11 is 0. The summed E-state index contributed by atoms with van der Waals surface area (Å²) in [5.41, 5.74) is 0. The lowest BCUT2D eigenvalue weighted by molar-refractivity contribution is -0.123. The average molecular weight is 122 g/mol. The zero-order valence-electron chi connectivity index (χ0n) is 5.15. The number of alkyl halides is 1. The van der Waals surface area contributed by atoms with E-state index in [4.69, 9.17) is 5.11 Å². The van der Waals surface area contributed by atoms with E-state index >= 15 is 0 Å². The zero-order chi connectivity index (χ0) is 6.62. The monoisotopic (exact) mass is 122 g/mol. The zero-order valence-corrected chi connectivity index (χ0v) is 5.15. The van der Waals surface area contributed by atoms with Crippen molar-refractivity contribution in [2.24, 2.45) is 0 Å². The van der Waals surface area contributed by atoms with Crippen LogP contribution < -0.4 is 0 Å². The Kier molecular flexibility index (Phi) is 2.94. The molecule has 50 valence electrons. The Morgan fingerprint density at radius 3 is 2.25 bits per heavy atom. The molecule has 0 radical (unpaired) electrons. The second-order valence-electron chi connectivity index (χ2n) is 1.94. The third kappa shape index (κ3) is 5.85. The van der Waals surface area contributed by atoms with Crippen molar-refractivity contribution in [1.82, 2.24) is 0 Å². The molecule has 0 aromatic carbocycles. The maximum absolute atomic E-state index is 12.2. The van der Waals surface area contributed by atoms with Crippen molar-refractivity contribution in [3.63, 3.8) is 0 Å². The van der Waals surface area contributed by atoms with Crippen LogP contribution in [0, 0.1) is 0 Å². The van der Waals surface area contributed by atoms with Crippen molar-refractivity contribution in [2.45, 2.75) is 19.7 Å². The standard InChI is InChI=1S/C5H11FO2/c1-5(2,6)8-4-3-7/h7H,3-4H2,1-2H3. The number of ether oxygens (including phenoxy) is 1. The molecule has 8 heavy (non-hydrogen) atoms. The molecule has 0 aromatic rings. The summed E-state index contributed by atoms with van der Waals surface area (Å²) < 4.78 is 16.7. The van der Waals surface area contributed by atoms with Gasteiger partial charge in [-0.05, 0) is 13.8 Å². The summed E-state index contributed by atoms with van der Waals surface area (Å²) in [5.74, 6) is -1.61. The van der Waals surface area contributed by atoms with Gasteiger partial charge in [0, 0.05) is 0 Å². The Labute approximate surface area is 48.3 Å². The minimum absolute atomic E-state index is 0.0590. The van der Waals surface area contributed by atoms with Gasteiger partial charge in [-0.15, -0.1) is 0 Å². The molecule has 3 heteroatoms. The van der Waals surface area contributed by atoms with Gasteiger partial charge >= 0.3 is 0 Å². The fraction of sp³-hybridized carbons (Fsp3) is 1.00. The SMILES string of the molecule is CC(C)(F)OCCO. The van der Waals surface area contributed by atoms with Crippen LogP contribution in [0.5, 0.6) is 0 Å². The third-order valence-corrected chi connectivity index (χ3v) is 0.537. The predicted molar refractivity (Wildman–Crippen MR) is 28.2 cm³/mol. The van der Waals surface area contributed by atoms with E-state index in [1.165, 1.54) is 13.8 Å². The number of aliphatic hydroxyl groups excluding tert-OH is 1. The molecule has 0 rings (SSSR count). The van der Waals surface area contributed by atoms with Gasteiger partial charge in [-0.3, -0.25) is 0 Å². The largest absolute Gasteiger partial charge is 0.394 e. The fourth-order valence-corrected chi connectivity index (χ4v) is 0.288. The molecule has 0 unspecified atom stereocenters. The molecule has 0 aliphatic heterocycles. The van der Waals surface area contributed by atoms with E-state index in [1.807, 2.05) is 0 Å². The quantitative estimate of drug-likeness (QED) is 0.597. The molecule has 1 N–H and O–H groups in total. The van der Waals surface area contributed by atoms with Crippen LogP contribution in [0.2, 0.25) is 0 Å². The highest BCUT2D eigenvalue weighted by Crippen LogP contribution is 2.08. The lowest BCUT2D eigenvalue weighted by Gasteiger charge is -2.13. The molecule has 0 bridgehead atoms. The first kappa shape index (κ1) is 7.85. The maximum Gasteiger partial charge on any atom is 0.203 e. The molecule has 0 aliphatic rings. The maximum atomic E-state index is 12.2. The van der Waals surface area contributed by atoms with Crippen LogP contribution in [0.4, 0.5) is 4.39 Å². The van der Waals surface area contributed by atoms with E-state index in [2.05, 4.69) is 4.74 Å². The molecule has 0 saturated heterocycles. The summed E-state index contributed by atoms with van der Waals surface area (Å²) in [6, 6.07) is 0. The van der Waals surface area contributed by atoms with Crippen LogP contribution in [0.15, 0.2) is 0 Å². The molecule has 0 atom stereocenters. The molecule has 0 saturated carbocycles. The fourth-order valence-electron chi connectivity index (χ4n) is 0.288. The Bertz CT molecular complexity index is 57.9. The molecule has 0 aliphatic carbocycles. The Hall–Kier alpha value is -0.150. The van der Waals surface area contributed by atoms with Gasteiger partial charge in [0.2, 0.25) is 5.85 Å². The van der Waals surface area contributed by atoms with E-state index < -0.39 is 5.85 Å². The van der Waals surface area contributed by atoms with Gasteiger partial charge in [0.25, 0.3) is 0 Å². The lowest BCUT2D eigenvalue weighted by Crippen LogP contribution is -2.19. The summed E-state index contributed by atoms with van der Waals surface area (Å²) in [7, 11) is 0. The van der Waals surface area contributed by atoms with E-state index in [0.717, 1.165) is 0 Å². The van der Waals surface area contributed by atoms with Crippen molar-refractivity contribution in [3.8, 4) is 0 Å². The van der Waals surface area contributed by atoms with Crippen LogP contribution in [0.3, 0.4) is 0 Å². The minimum Gasteiger partial charge on any atom is -0.394 e. The topological polar surface area (TPSA) is 29.5 Å². The van der Waals surface area contributed by atoms with Crippen LogP contribution in [0.25, 0.3) is 0 Å². The van der Waals surface area contributed by atoms with Crippen LogP contribution >= 0.6 is 0 Å². The van der Waals surface area contributed by atoms with Crippen molar-refractivity contribution in [3.05, 3.63) is 0 Å². The number of rotatable bonds is 3. The normalized spacial score (nSPS) is 12.0. The average Bonchev–Trinajstić information content (AvgIpc) is 1.59. The molecule has 0 fully saturated rings. The van der Waals surface area contributed by atoms with Crippen LogP contribution in [0.1, 0.15) is 13.8 Å². The van der Waals surface area contributed by atoms with E-state index in [1.54, 1.807) is 0 Å².